The van der Waals surface area contributed by atoms with Crippen molar-refractivity contribution in [1.82, 2.24) is 0 Å². The molecule has 50 valence electrons. The number of fused-ring (bicyclic) bond motifs is 1. The van der Waals surface area contributed by atoms with Crippen LogP contribution in [0.3, 0.4) is 0 Å². The minimum Gasteiger partial charge on any atom is -0.366 e. The third-order valence-corrected chi connectivity index (χ3v) is 2.35. The van der Waals surface area contributed by atoms with Crippen LogP contribution in [0.1, 0.15) is 26.2 Å². The first kappa shape index (κ1) is 5.42. The van der Waals surface area contributed by atoms with E-state index < -0.39 is 0 Å². The van der Waals surface area contributed by atoms with Crippen molar-refractivity contribution < 1.29 is 9.53 Å². The van der Waals surface area contributed by atoms with Crippen LogP contribution in [0.2, 0.25) is 0 Å². The van der Waals surface area contributed by atoms with Gasteiger partial charge in [0.25, 0.3) is 0 Å². The summed E-state index contributed by atoms with van der Waals surface area (Å²) in [5, 5.41) is 0. The average Bonchev–Trinajstić information content (AvgIpc) is 2.41. The Balaban J connectivity index is 2.08. The van der Waals surface area contributed by atoms with Crippen LogP contribution in [0, 0.1) is 0 Å². The van der Waals surface area contributed by atoms with Gasteiger partial charge in [-0.25, -0.2) is 0 Å². The van der Waals surface area contributed by atoms with E-state index in [9.17, 15) is 4.79 Å². The fourth-order valence-corrected chi connectivity index (χ4v) is 1.46. The van der Waals surface area contributed by atoms with Crippen LogP contribution in [-0.2, 0) is 9.53 Å². The van der Waals surface area contributed by atoms with Gasteiger partial charge in [0.05, 0.1) is 11.7 Å². The lowest BCUT2D eigenvalue weighted by molar-refractivity contribution is -0.120. The monoisotopic (exact) mass is 126 g/mol. The van der Waals surface area contributed by atoms with Gasteiger partial charge in [0.15, 0.2) is 0 Å². The molecule has 0 N–H and O–H groups in total. The van der Waals surface area contributed by atoms with Gasteiger partial charge in [-0.2, -0.15) is 0 Å². The molecule has 0 radical (unpaired) electrons. The van der Waals surface area contributed by atoms with Gasteiger partial charge in [0.1, 0.15) is 5.78 Å². The van der Waals surface area contributed by atoms with Crippen molar-refractivity contribution in [3.8, 4) is 0 Å². The van der Waals surface area contributed by atoms with Crippen molar-refractivity contribution in [2.45, 2.75) is 37.9 Å². The number of ether oxygens (including phenoxy) is 1. The first-order valence-electron chi connectivity index (χ1n) is 3.40. The summed E-state index contributed by atoms with van der Waals surface area (Å²) in [5.74, 6) is 0.370. The van der Waals surface area contributed by atoms with Crippen molar-refractivity contribution in [3.05, 3.63) is 0 Å². The Morgan fingerprint density at radius 1 is 1.78 bits per heavy atom. The number of carbonyl (C=O) groups excluding carboxylic acids is 1. The van der Waals surface area contributed by atoms with E-state index in [-0.39, 0.29) is 11.7 Å². The number of rotatable bonds is 0. The Bertz CT molecular complexity index is 164. The minimum atomic E-state index is 0.105. The zero-order valence-electron chi connectivity index (χ0n) is 5.52. The molecule has 2 nitrogen and oxygen atoms in total. The van der Waals surface area contributed by atoms with Gasteiger partial charge in [-0.3, -0.25) is 4.79 Å². The molecule has 0 aromatic heterocycles. The number of Topliss-reactive ketones (excluding diaryl/α,β-unsaturated/α-hetero) is 1. The van der Waals surface area contributed by atoms with E-state index in [1.807, 2.05) is 0 Å². The fraction of sp³-hybridized carbons (Fsp3) is 0.857. The summed E-state index contributed by atoms with van der Waals surface area (Å²) in [6.45, 7) is 2.09. The second-order valence-corrected chi connectivity index (χ2v) is 3.16. The standard InChI is InChI=1S/C7H10O2/c1-7-3-2-5(8)4-6(7)9-7/h6H,2-4H2,1H3/t6-,7+/m1/s1. The average molecular weight is 126 g/mol. The number of ketones is 1. The Morgan fingerprint density at radius 2 is 2.56 bits per heavy atom. The summed E-state index contributed by atoms with van der Waals surface area (Å²) in [6, 6.07) is 0. The number of hydrogen-bond donors (Lipinski definition) is 0. The van der Waals surface area contributed by atoms with Gasteiger partial charge >= 0.3 is 0 Å². The minimum absolute atomic E-state index is 0.105. The van der Waals surface area contributed by atoms with Crippen molar-refractivity contribution in [3.63, 3.8) is 0 Å². The third-order valence-electron chi connectivity index (χ3n) is 2.35. The van der Waals surface area contributed by atoms with Crippen molar-refractivity contribution in [2.24, 2.45) is 0 Å². The molecule has 0 aromatic rings. The number of hydrogen-bond acceptors (Lipinski definition) is 2. The first-order chi connectivity index (χ1) is 4.21. The van der Waals surface area contributed by atoms with E-state index in [0.29, 0.717) is 12.2 Å². The highest BCUT2D eigenvalue weighted by Gasteiger charge is 2.55. The Morgan fingerprint density at radius 3 is 3.11 bits per heavy atom. The van der Waals surface area contributed by atoms with Gasteiger partial charge in [-0.15, -0.1) is 0 Å². The van der Waals surface area contributed by atoms with Crippen LogP contribution >= 0.6 is 0 Å². The second-order valence-electron chi connectivity index (χ2n) is 3.16. The molecule has 2 atom stereocenters. The molecule has 1 saturated carbocycles. The second kappa shape index (κ2) is 1.37. The van der Waals surface area contributed by atoms with Crippen molar-refractivity contribution in [1.29, 1.82) is 0 Å². The molecule has 0 bridgehead atoms. The van der Waals surface area contributed by atoms with Gasteiger partial charge in [-0.1, -0.05) is 0 Å². The molecule has 2 heteroatoms. The lowest BCUT2D eigenvalue weighted by atomic mass is 9.90. The highest BCUT2D eigenvalue weighted by atomic mass is 16.6. The molecule has 1 aliphatic heterocycles. The predicted octanol–water partition coefficient (Wildman–Crippen LogP) is 0.897. The Kier molecular flexibility index (Phi) is 0.826. The molecule has 2 rings (SSSR count). The molecule has 0 amide bonds. The Labute approximate surface area is 54.2 Å². The molecule has 1 saturated heterocycles. The van der Waals surface area contributed by atoms with Crippen LogP contribution in [0.15, 0.2) is 0 Å². The smallest absolute Gasteiger partial charge is 0.135 e. The highest BCUT2D eigenvalue weighted by molar-refractivity contribution is 5.80. The molecule has 2 aliphatic rings. The van der Waals surface area contributed by atoms with E-state index in [1.54, 1.807) is 0 Å². The van der Waals surface area contributed by atoms with Crippen LogP contribution in [-0.4, -0.2) is 17.5 Å². The Hall–Kier alpha value is -0.370. The highest BCUT2D eigenvalue weighted by Crippen LogP contribution is 2.45. The molecule has 1 aliphatic carbocycles. The van der Waals surface area contributed by atoms with Crippen LogP contribution in [0.5, 0.6) is 0 Å². The van der Waals surface area contributed by atoms with Gasteiger partial charge in [-0.05, 0) is 13.3 Å². The molecule has 1 heterocycles. The fourth-order valence-electron chi connectivity index (χ4n) is 1.46. The molecular weight excluding hydrogens is 116 g/mol. The summed E-state index contributed by atoms with van der Waals surface area (Å²) in [5.41, 5.74) is 0.105. The van der Waals surface area contributed by atoms with Gasteiger partial charge in [0, 0.05) is 12.8 Å². The lowest BCUT2D eigenvalue weighted by Gasteiger charge is -2.09. The molecule has 0 aromatic carbocycles. The van der Waals surface area contributed by atoms with E-state index in [0.717, 1.165) is 12.8 Å². The van der Waals surface area contributed by atoms with Crippen LogP contribution < -0.4 is 0 Å². The summed E-state index contributed by atoms with van der Waals surface area (Å²) < 4.78 is 5.31. The SMILES string of the molecule is C[C@]12CCC(=O)C[C@H]1O2. The summed E-state index contributed by atoms with van der Waals surface area (Å²) >= 11 is 0. The maximum Gasteiger partial charge on any atom is 0.135 e. The third kappa shape index (κ3) is 0.697. The van der Waals surface area contributed by atoms with E-state index in [4.69, 9.17) is 4.74 Å². The summed E-state index contributed by atoms with van der Waals surface area (Å²) in [7, 11) is 0. The zero-order valence-corrected chi connectivity index (χ0v) is 5.52. The predicted molar refractivity (Wildman–Crippen MR) is 32.1 cm³/mol. The topological polar surface area (TPSA) is 29.6 Å². The van der Waals surface area contributed by atoms with Crippen LogP contribution in [0.25, 0.3) is 0 Å². The number of carbonyl (C=O) groups is 1. The van der Waals surface area contributed by atoms with E-state index >= 15 is 0 Å². The van der Waals surface area contributed by atoms with Gasteiger partial charge in [0.2, 0.25) is 0 Å². The maximum absolute atomic E-state index is 10.8. The zero-order chi connectivity index (χ0) is 6.48. The first-order valence-corrected chi connectivity index (χ1v) is 3.40. The normalized spacial score (nSPS) is 48.6. The molecule has 0 unspecified atom stereocenters. The molecule has 9 heavy (non-hydrogen) atoms. The number of epoxide rings is 1. The van der Waals surface area contributed by atoms with E-state index in [2.05, 4.69) is 6.92 Å². The van der Waals surface area contributed by atoms with Crippen molar-refractivity contribution in [2.75, 3.05) is 0 Å². The molecule has 2 fully saturated rings. The quantitative estimate of drug-likeness (QED) is 0.451. The maximum atomic E-state index is 10.8. The van der Waals surface area contributed by atoms with Crippen LogP contribution in [0.4, 0.5) is 0 Å². The lowest BCUT2D eigenvalue weighted by Crippen LogP contribution is -2.20. The van der Waals surface area contributed by atoms with Crippen molar-refractivity contribution >= 4 is 5.78 Å². The molecule has 0 spiro atoms. The summed E-state index contributed by atoms with van der Waals surface area (Å²) in [6.07, 6.45) is 2.61. The molecular formula is C7H10O2. The largest absolute Gasteiger partial charge is 0.366 e. The summed E-state index contributed by atoms with van der Waals surface area (Å²) in [4.78, 5) is 10.8. The van der Waals surface area contributed by atoms with Gasteiger partial charge < -0.3 is 4.74 Å². The van der Waals surface area contributed by atoms with E-state index in [1.165, 1.54) is 0 Å².